The highest BCUT2D eigenvalue weighted by Crippen LogP contribution is 2.39. The first-order valence-corrected chi connectivity index (χ1v) is 6.57. The molecule has 0 aliphatic heterocycles. The van der Waals surface area contributed by atoms with Crippen LogP contribution < -0.4 is 16.4 Å². The third-order valence-corrected chi connectivity index (χ3v) is 3.79. The Morgan fingerprint density at radius 3 is 2.58 bits per heavy atom. The normalized spacial score (nSPS) is 17.8. The van der Waals surface area contributed by atoms with E-state index in [0.29, 0.717) is 12.2 Å². The van der Waals surface area contributed by atoms with Gasteiger partial charge >= 0.3 is 0 Å². The molecule has 2 rings (SSSR count). The third kappa shape index (κ3) is 2.71. The summed E-state index contributed by atoms with van der Waals surface area (Å²) in [6.07, 6.45) is 1.82. The van der Waals surface area contributed by atoms with Crippen LogP contribution in [0.4, 0.5) is 10.1 Å². The lowest BCUT2D eigenvalue weighted by atomic mass is 9.92. The number of amides is 1. The first-order valence-electron chi connectivity index (χ1n) is 6.57. The van der Waals surface area contributed by atoms with Crippen LogP contribution in [0.1, 0.15) is 19.8 Å². The molecule has 1 fully saturated rings. The van der Waals surface area contributed by atoms with Crippen molar-refractivity contribution in [2.45, 2.75) is 25.3 Å². The topological polar surface area (TPSA) is 72.3 Å². The molecule has 0 radical (unpaired) electrons. The number of carbonyl (C=O) groups is 1. The first kappa shape index (κ1) is 13.8. The van der Waals surface area contributed by atoms with Crippen LogP contribution in [-0.2, 0) is 4.79 Å². The number of benzene rings is 1. The lowest BCUT2D eigenvalue weighted by Gasteiger charge is -2.34. The van der Waals surface area contributed by atoms with Gasteiger partial charge in [-0.05, 0) is 37.8 Å². The Morgan fingerprint density at radius 1 is 1.47 bits per heavy atom. The van der Waals surface area contributed by atoms with Gasteiger partial charge in [0.1, 0.15) is 11.4 Å². The van der Waals surface area contributed by atoms with E-state index in [4.69, 9.17) is 11.5 Å². The molecule has 1 aliphatic rings. The van der Waals surface area contributed by atoms with Gasteiger partial charge in [0.2, 0.25) is 5.91 Å². The number of anilines is 1. The quantitative estimate of drug-likeness (QED) is 0.813. The van der Waals surface area contributed by atoms with Gasteiger partial charge in [-0.1, -0.05) is 12.1 Å². The maximum atomic E-state index is 13.8. The molecule has 0 bridgehead atoms. The Hall–Kier alpha value is -1.62. The van der Waals surface area contributed by atoms with E-state index in [1.165, 1.54) is 6.07 Å². The number of nitrogens with zero attached hydrogens (tertiary/aromatic N) is 1. The maximum Gasteiger partial charge on any atom is 0.239 e. The van der Waals surface area contributed by atoms with E-state index in [1.807, 2.05) is 6.92 Å². The van der Waals surface area contributed by atoms with Gasteiger partial charge in [0.15, 0.2) is 0 Å². The lowest BCUT2D eigenvalue weighted by Crippen LogP contribution is -2.61. The van der Waals surface area contributed by atoms with Crippen LogP contribution in [-0.4, -0.2) is 24.5 Å². The largest absolute Gasteiger partial charge is 0.368 e. The number of halogens is 1. The van der Waals surface area contributed by atoms with Crippen LogP contribution in [0, 0.1) is 11.7 Å². The molecule has 1 unspecified atom stereocenters. The number of para-hydroxylation sites is 1. The van der Waals surface area contributed by atoms with Crippen LogP contribution in [0.5, 0.6) is 0 Å². The van der Waals surface area contributed by atoms with Crippen LogP contribution in [0.2, 0.25) is 0 Å². The predicted octanol–water partition coefficient (Wildman–Crippen LogP) is 1.24. The van der Waals surface area contributed by atoms with E-state index in [0.717, 1.165) is 12.8 Å². The van der Waals surface area contributed by atoms with Crippen molar-refractivity contribution >= 4 is 11.6 Å². The van der Waals surface area contributed by atoms with Gasteiger partial charge in [-0.2, -0.15) is 0 Å². The molecule has 1 aromatic carbocycles. The highest BCUT2D eigenvalue weighted by molar-refractivity contribution is 5.86. The lowest BCUT2D eigenvalue weighted by molar-refractivity contribution is -0.123. The third-order valence-electron chi connectivity index (χ3n) is 3.79. The van der Waals surface area contributed by atoms with Gasteiger partial charge in [0, 0.05) is 13.1 Å². The van der Waals surface area contributed by atoms with Gasteiger partial charge in [-0.15, -0.1) is 0 Å². The summed E-state index contributed by atoms with van der Waals surface area (Å²) in [6.45, 7) is 2.73. The van der Waals surface area contributed by atoms with Crippen molar-refractivity contribution in [1.82, 2.24) is 0 Å². The van der Waals surface area contributed by atoms with Crippen molar-refractivity contribution in [1.29, 1.82) is 0 Å². The van der Waals surface area contributed by atoms with E-state index >= 15 is 0 Å². The fraction of sp³-hybridized carbons (Fsp3) is 0.500. The number of rotatable bonds is 6. The zero-order valence-electron chi connectivity index (χ0n) is 11.1. The number of nitrogens with two attached hydrogens (primary N) is 2. The maximum absolute atomic E-state index is 13.8. The molecule has 0 heterocycles. The molecule has 1 aromatic rings. The molecule has 0 saturated heterocycles. The SMILES string of the molecule is CCN(CC(N)(C(N)=O)C1CC1)c1ccccc1F. The van der Waals surface area contributed by atoms with Crippen molar-refractivity contribution in [3.8, 4) is 0 Å². The summed E-state index contributed by atoms with van der Waals surface area (Å²) >= 11 is 0. The minimum atomic E-state index is -1.07. The molecule has 0 aromatic heterocycles. The molecular weight excluding hydrogens is 245 g/mol. The Balaban J connectivity index is 2.23. The Kier molecular flexibility index (Phi) is 3.75. The van der Waals surface area contributed by atoms with Gasteiger partial charge in [-0.3, -0.25) is 4.79 Å². The smallest absolute Gasteiger partial charge is 0.239 e. The minimum Gasteiger partial charge on any atom is -0.368 e. The summed E-state index contributed by atoms with van der Waals surface area (Å²) in [7, 11) is 0. The predicted molar refractivity (Wildman–Crippen MR) is 73.1 cm³/mol. The van der Waals surface area contributed by atoms with Crippen LogP contribution >= 0.6 is 0 Å². The van der Waals surface area contributed by atoms with Crippen molar-refractivity contribution in [2.24, 2.45) is 17.4 Å². The van der Waals surface area contributed by atoms with Crippen molar-refractivity contribution in [2.75, 3.05) is 18.0 Å². The fourth-order valence-corrected chi connectivity index (χ4v) is 2.40. The van der Waals surface area contributed by atoms with E-state index in [9.17, 15) is 9.18 Å². The molecule has 1 saturated carbocycles. The molecule has 4 N–H and O–H groups in total. The Labute approximate surface area is 112 Å². The van der Waals surface area contributed by atoms with Gasteiger partial charge in [-0.25, -0.2) is 4.39 Å². The van der Waals surface area contributed by atoms with E-state index in [-0.39, 0.29) is 18.3 Å². The second kappa shape index (κ2) is 5.17. The average molecular weight is 265 g/mol. The van der Waals surface area contributed by atoms with E-state index < -0.39 is 11.4 Å². The van der Waals surface area contributed by atoms with Crippen LogP contribution in [0.15, 0.2) is 24.3 Å². The second-order valence-corrected chi connectivity index (χ2v) is 5.14. The summed E-state index contributed by atoms with van der Waals surface area (Å²) in [5.41, 5.74) is 11.0. The van der Waals surface area contributed by atoms with Crippen LogP contribution in [0.3, 0.4) is 0 Å². The second-order valence-electron chi connectivity index (χ2n) is 5.14. The summed E-state index contributed by atoms with van der Waals surface area (Å²) in [5, 5.41) is 0. The zero-order chi connectivity index (χ0) is 14.0. The van der Waals surface area contributed by atoms with E-state index in [1.54, 1.807) is 23.1 Å². The average Bonchev–Trinajstić information content (AvgIpc) is 3.21. The highest BCUT2D eigenvalue weighted by atomic mass is 19.1. The highest BCUT2D eigenvalue weighted by Gasteiger charge is 2.47. The molecule has 1 atom stereocenters. The van der Waals surface area contributed by atoms with Crippen molar-refractivity contribution in [3.63, 3.8) is 0 Å². The molecule has 19 heavy (non-hydrogen) atoms. The summed E-state index contributed by atoms with van der Waals surface area (Å²) in [5.74, 6) is -0.706. The number of primary amides is 1. The number of hydrogen-bond donors (Lipinski definition) is 2. The molecule has 104 valence electrons. The minimum absolute atomic E-state index is 0.117. The fourth-order valence-electron chi connectivity index (χ4n) is 2.40. The number of carbonyl (C=O) groups excluding carboxylic acids is 1. The number of hydrogen-bond acceptors (Lipinski definition) is 3. The molecule has 4 nitrogen and oxygen atoms in total. The Morgan fingerprint density at radius 2 is 2.11 bits per heavy atom. The first-order chi connectivity index (χ1) is 8.99. The van der Waals surface area contributed by atoms with Gasteiger partial charge in [0.05, 0.1) is 5.69 Å². The van der Waals surface area contributed by atoms with Crippen molar-refractivity contribution < 1.29 is 9.18 Å². The monoisotopic (exact) mass is 265 g/mol. The summed E-state index contributed by atoms with van der Waals surface area (Å²) < 4.78 is 13.8. The van der Waals surface area contributed by atoms with Gasteiger partial charge in [0.25, 0.3) is 0 Å². The molecule has 5 heteroatoms. The molecule has 1 aliphatic carbocycles. The van der Waals surface area contributed by atoms with E-state index in [2.05, 4.69) is 0 Å². The number of likely N-dealkylation sites (N-methyl/N-ethyl adjacent to an activating group) is 1. The Bertz CT molecular complexity index is 476. The van der Waals surface area contributed by atoms with Crippen molar-refractivity contribution in [3.05, 3.63) is 30.1 Å². The molecule has 0 spiro atoms. The van der Waals surface area contributed by atoms with Gasteiger partial charge < -0.3 is 16.4 Å². The molecule has 1 amide bonds. The molecular formula is C14H20FN3O. The standard InChI is InChI=1S/C14H20FN3O/c1-2-18(12-6-4-3-5-11(12)15)9-14(17,13(16)19)10-7-8-10/h3-6,10H,2,7-9,17H2,1H3,(H2,16,19). The van der Waals surface area contributed by atoms with Crippen LogP contribution in [0.25, 0.3) is 0 Å². The summed E-state index contributed by atoms with van der Waals surface area (Å²) in [4.78, 5) is 13.4. The summed E-state index contributed by atoms with van der Waals surface area (Å²) in [6, 6.07) is 6.49. The zero-order valence-corrected chi connectivity index (χ0v) is 11.1.